The number of carboxylic acids is 1. The molecule has 0 spiro atoms. The maximum Gasteiger partial charge on any atom is 0.326 e. The van der Waals surface area contributed by atoms with Gasteiger partial charge in [-0.25, -0.2) is 4.79 Å². The molecule has 0 bridgehead atoms. The van der Waals surface area contributed by atoms with Crippen LogP contribution in [0.25, 0.3) is 6.08 Å². The number of nitrogens with one attached hydrogen (secondary N) is 1. The molecule has 0 aromatic heterocycles. The molecule has 0 aliphatic heterocycles. The molecular formula is C23H26N2O6S. The summed E-state index contributed by atoms with van der Waals surface area (Å²) in [7, 11) is 4.44. The van der Waals surface area contributed by atoms with Crippen LogP contribution < -0.4 is 14.8 Å². The average molecular weight is 459 g/mol. The quantitative estimate of drug-likeness (QED) is 0.374. The lowest BCUT2D eigenvalue weighted by atomic mass is 10.1. The average Bonchev–Trinajstić information content (AvgIpc) is 2.81. The zero-order valence-electron chi connectivity index (χ0n) is 18.1. The minimum atomic E-state index is -1.15. The molecule has 9 heteroatoms. The fourth-order valence-electron chi connectivity index (χ4n) is 2.89. The highest BCUT2D eigenvalue weighted by Crippen LogP contribution is 2.17. The number of thiol groups is 1. The number of benzene rings is 2. The van der Waals surface area contributed by atoms with E-state index in [-0.39, 0.29) is 17.9 Å². The standard InChI is InChI=1S/C23H26N2O6S/c1-25(20(12-13-32)23(28)29)22(27)19(14-15-4-8-17(30-2)9-5-15)24-21(26)16-6-10-18(31-3)11-7-16/h4-11,14,20,32H,12-13H2,1-3H3,(H,24,26)(H,28,29)/b19-14+. The predicted octanol–water partition coefficient (Wildman–Crippen LogP) is 2.71. The van der Waals surface area contributed by atoms with Gasteiger partial charge in [-0.2, -0.15) is 12.6 Å². The van der Waals surface area contributed by atoms with Crippen molar-refractivity contribution < 1.29 is 29.0 Å². The summed E-state index contributed by atoms with van der Waals surface area (Å²) >= 11 is 4.08. The summed E-state index contributed by atoms with van der Waals surface area (Å²) in [6.45, 7) is 0. The molecule has 0 saturated carbocycles. The van der Waals surface area contributed by atoms with E-state index in [9.17, 15) is 19.5 Å². The van der Waals surface area contributed by atoms with Gasteiger partial charge < -0.3 is 24.8 Å². The largest absolute Gasteiger partial charge is 0.497 e. The van der Waals surface area contributed by atoms with Crippen LogP contribution in [0, 0.1) is 0 Å². The molecule has 170 valence electrons. The van der Waals surface area contributed by atoms with E-state index in [1.807, 2.05) is 0 Å². The number of carbonyl (C=O) groups excluding carboxylic acids is 2. The first-order chi connectivity index (χ1) is 15.3. The maximum absolute atomic E-state index is 13.2. The van der Waals surface area contributed by atoms with Gasteiger partial charge in [0.2, 0.25) is 0 Å². The summed E-state index contributed by atoms with van der Waals surface area (Å²) in [6.07, 6.45) is 1.64. The highest BCUT2D eigenvalue weighted by Gasteiger charge is 2.28. The van der Waals surface area contributed by atoms with Gasteiger partial charge in [0.05, 0.1) is 14.2 Å². The van der Waals surface area contributed by atoms with E-state index >= 15 is 0 Å². The Morgan fingerprint density at radius 3 is 2.03 bits per heavy atom. The number of likely N-dealkylation sites (N-methyl/N-ethyl adjacent to an activating group) is 1. The number of nitrogens with zero attached hydrogens (tertiary/aromatic N) is 1. The molecule has 0 heterocycles. The second-order valence-electron chi connectivity index (χ2n) is 6.80. The zero-order valence-corrected chi connectivity index (χ0v) is 19.0. The van der Waals surface area contributed by atoms with Crippen molar-refractivity contribution in [1.82, 2.24) is 10.2 Å². The lowest BCUT2D eigenvalue weighted by Gasteiger charge is -2.25. The molecule has 0 radical (unpaired) electrons. The minimum Gasteiger partial charge on any atom is -0.497 e. The molecule has 2 rings (SSSR count). The monoisotopic (exact) mass is 458 g/mol. The number of carbonyl (C=O) groups is 3. The highest BCUT2D eigenvalue weighted by atomic mass is 32.1. The Morgan fingerprint density at radius 2 is 1.56 bits per heavy atom. The Kier molecular flexibility index (Phi) is 9.15. The van der Waals surface area contributed by atoms with Gasteiger partial charge >= 0.3 is 5.97 Å². The topological polar surface area (TPSA) is 105 Å². The maximum atomic E-state index is 13.2. The van der Waals surface area contributed by atoms with Gasteiger partial charge in [0.1, 0.15) is 23.2 Å². The van der Waals surface area contributed by atoms with E-state index in [4.69, 9.17) is 9.47 Å². The third kappa shape index (κ3) is 6.52. The molecule has 0 aliphatic carbocycles. The van der Waals surface area contributed by atoms with Crippen LogP contribution in [0.4, 0.5) is 0 Å². The highest BCUT2D eigenvalue weighted by molar-refractivity contribution is 7.80. The molecule has 0 fully saturated rings. The molecule has 2 amide bonds. The molecule has 1 unspecified atom stereocenters. The molecule has 0 saturated heterocycles. The third-order valence-electron chi connectivity index (χ3n) is 4.73. The number of ether oxygens (including phenoxy) is 2. The van der Waals surface area contributed by atoms with E-state index in [0.717, 1.165) is 4.90 Å². The number of rotatable bonds is 10. The molecular weight excluding hydrogens is 432 g/mol. The molecule has 8 nitrogen and oxygen atoms in total. The summed E-state index contributed by atoms with van der Waals surface area (Å²) in [5.74, 6) is -0.812. The summed E-state index contributed by atoms with van der Waals surface area (Å²) in [6, 6.07) is 12.2. The first-order valence-electron chi connectivity index (χ1n) is 9.72. The summed E-state index contributed by atoms with van der Waals surface area (Å²) in [4.78, 5) is 38.7. The summed E-state index contributed by atoms with van der Waals surface area (Å²) < 4.78 is 10.2. The van der Waals surface area contributed by atoms with Gasteiger partial charge in [0.15, 0.2) is 0 Å². The number of aliphatic carboxylic acids is 1. The Labute approximate surface area is 192 Å². The van der Waals surface area contributed by atoms with Crippen LogP contribution in [-0.2, 0) is 9.59 Å². The van der Waals surface area contributed by atoms with Crippen molar-refractivity contribution >= 4 is 36.5 Å². The van der Waals surface area contributed by atoms with Crippen molar-refractivity contribution in [2.45, 2.75) is 12.5 Å². The Morgan fingerprint density at radius 1 is 1.03 bits per heavy atom. The second kappa shape index (κ2) is 11.8. The molecule has 1 atom stereocenters. The van der Waals surface area contributed by atoms with Gasteiger partial charge in [0, 0.05) is 12.6 Å². The second-order valence-corrected chi connectivity index (χ2v) is 7.24. The molecule has 0 aliphatic rings. The normalized spacial score (nSPS) is 11.9. The van der Waals surface area contributed by atoms with Crippen molar-refractivity contribution in [1.29, 1.82) is 0 Å². The molecule has 2 aromatic rings. The lowest BCUT2D eigenvalue weighted by Crippen LogP contribution is -2.45. The number of methoxy groups -OCH3 is 2. The number of hydrogen-bond donors (Lipinski definition) is 3. The van der Waals surface area contributed by atoms with Crippen molar-refractivity contribution in [2.75, 3.05) is 27.0 Å². The van der Waals surface area contributed by atoms with Crippen LogP contribution in [0.3, 0.4) is 0 Å². The van der Waals surface area contributed by atoms with Crippen molar-refractivity contribution in [3.8, 4) is 11.5 Å². The minimum absolute atomic E-state index is 0.0658. The number of carboxylic acid groups (broad SMARTS) is 1. The van der Waals surface area contributed by atoms with Crippen LogP contribution in [0.5, 0.6) is 11.5 Å². The van der Waals surface area contributed by atoms with Gasteiger partial charge in [-0.1, -0.05) is 12.1 Å². The van der Waals surface area contributed by atoms with Crippen molar-refractivity contribution in [3.05, 3.63) is 65.4 Å². The SMILES string of the molecule is COc1ccc(/C=C(/NC(=O)c2ccc(OC)cc2)C(=O)N(C)C(CCS)C(=O)O)cc1. The number of hydrogen-bond acceptors (Lipinski definition) is 6. The number of amides is 2. The van der Waals surface area contributed by atoms with Gasteiger partial charge in [-0.05, 0) is 60.2 Å². The van der Waals surface area contributed by atoms with E-state index in [2.05, 4.69) is 17.9 Å². The van der Waals surface area contributed by atoms with E-state index in [1.54, 1.807) is 48.5 Å². The smallest absolute Gasteiger partial charge is 0.326 e. The molecule has 2 aromatic carbocycles. The fourth-order valence-corrected chi connectivity index (χ4v) is 3.14. The van der Waals surface area contributed by atoms with Gasteiger partial charge in [-0.3, -0.25) is 9.59 Å². The molecule has 32 heavy (non-hydrogen) atoms. The first-order valence-corrected chi connectivity index (χ1v) is 10.4. The van der Waals surface area contributed by atoms with Crippen LogP contribution >= 0.6 is 12.6 Å². The lowest BCUT2D eigenvalue weighted by molar-refractivity contribution is -0.147. The van der Waals surface area contributed by atoms with Crippen molar-refractivity contribution in [2.24, 2.45) is 0 Å². The van der Waals surface area contributed by atoms with Crippen LogP contribution in [0.2, 0.25) is 0 Å². The van der Waals surface area contributed by atoms with E-state index in [0.29, 0.717) is 22.6 Å². The molecule has 2 N–H and O–H groups in total. The van der Waals surface area contributed by atoms with E-state index in [1.165, 1.54) is 27.3 Å². The Balaban J connectivity index is 2.38. The summed E-state index contributed by atoms with van der Waals surface area (Å²) in [5.41, 5.74) is 0.870. The zero-order chi connectivity index (χ0) is 23.7. The predicted molar refractivity (Wildman–Crippen MR) is 124 cm³/mol. The Bertz CT molecular complexity index is 973. The summed E-state index contributed by atoms with van der Waals surface area (Å²) in [5, 5.41) is 12.1. The van der Waals surface area contributed by atoms with Gasteiger partial charge in [0.25, 0.3) is 11.8 Å². The van der Waals surface area contributed by atoms with Crippen molar-refractivity contribution in [3.63, 3.8) is 0 Å². The fraction of sp³-hybridized carbons (Fsp3) is 0.261. The Hall–Kier alpha value is -3.46. The van der Waals surface area contributed by atoms with Crippen LogP contribution in [0.15, 0.2) is 54.2 Å². The third-order valence-corrected chi connectivity index (χ3v) is 4.99. The van der Waals surface area contributed by atoms with Crippen LogP contribution in [-0.4, -0.2) is 60.9 Å². The van der Waals surface area contributed by atoms with E-state index < -0.39 is 23.8 Å². The van der Waals surface area contributed by atoms with Gasteiger partial charge in [-0.15, -0.1) is 0 Å². The first kappa shape index (κ1) is 24.8. The van der Waals surface area contributed by atoms with Crippen LogP contribution in [0.1, 0.15) is 22.3 Å².